The molecular weight excluding hydrogens is 403 g/mol. The molecule has 4 nitrogen and oxygen atoms in total. The predicted octanol–water partition coefficient (Wildman–Crippen LogP) is 5.04. The summed E-state index contributed by atoms with van der Waals surface area (Å²) in [5, 5.41) is 0. The Balaban J connectivity index is 2.21. The third kappa shape index (κ3) is 5.42. The first-order valence-corrected chi connectivity index (χ1v) is 11.9. The summed E-state index contributed by atoms with van der Waals surface area (Å²) in [6.07, 6.45) is -2.04. The van der Waals surface area contributed by atoms with E-state index in [1.165, 1.54) is 10.8 Å². The van der Waals surface area contributed by atoms with Gasteiger partial charge in [0, 0.05) is 32.6 Å². The Hall–Kier alpha value is -1.19. The zero-order chi connectivity index (χ0) is 18.0. The smallest absolute Gasteiger partial charge is 0.361 e. The van der Waals surface area contributed by atoms with Crippen LogP contribution in [0.2, 0.25) is 25.7 Å². The second kappa shape index (κ2) is 7.36. The summed E-state index contributed by atoms with van der Waals surface area (Å²) in [4.78, 5) is 7.76. The molecule has 0 saturated carbocycles. The molecule has 0 amide bonds. The van der Waals surface area contributed by atoms with Gasteiger partial charge in [0.15, 0.2) is 5.69 Å². The minimum Gasteiger partial charge on any atom is -0.361 e. The fourth-order valence-electron chi connectivity index (χ4n) is 1.93. The molecule has 0 aromatic carbocycles. The van der Waals surface area contributed by atoms with Crippen molar-refractivity contribution in [2.75, 3.05) is 6.61 Å². The number of imidazole rings is 1. The molecule has 0 N–H and O–H groups in total. The zero-order valence-electron chi connectivity index (χ0n) is 13.7. The normalized spacial score (nSPS) is 12.6. The van der Waals surface area contributed by atoms with Gasteiger partial charge < -0.3 is 9.30 Å². The number of rotatable bonds is 6. The second-order valence-corrected chi connectivity index (χ2v) is 13.1. The van der Waals surface area contributed by atoms with E-state index >= 15 is 0 Å². The first-order chi connectivity index (χ1) is 11.1. The molecule has 2 aromatic rings. The van der Waals surface area contributed by atoms with Gasteiger partial charge in [0.25, 0.3) is 0 Å². The van der Waals surface area contributed by atoms with Gasteiger partial charge >= 0.3 is 6.18 Å². The van der Waals surface area contributed by atoms with Crippen LogP contribution < -0.4 is 0 Å². The Morgan fingerprint density at radius 3 is 2.50 bits per heavy atom. The number of aromatic nitrogens is 3. The molecule has 0 unspecified atom stereocenters. The van der Waals surface area contributed by atoms with Gasteiger partial charge in [0.2, 0.25) is 0 Å². The molecule has 2 aromatic heterocycles. The molecule has 0 aliphatic heterocycles. The molecule has 0 atom stereocenters. The van der Waals surface area contributed by atoms with Crippen molar-refractivity contribution < 1.29 is 17.9 Å². The molecule has 0 radical (unpaired) electrons. The van der Waals surface area contributed by atoms with Gasteiger partial charge in [0.05, 0.1) is 0 Å². The topological polar surface area (TPSA) is 39.9 Å². The SMILES string of the molecule is C[Si](C)(C)CCOCn1cc(C(F)(F)F)nc1-c1ccc(Br)nc1. The van der Waals surface area contributed by atoms with Crippen LogP contribution in [0.1, 0.15) is 5.69 Å². The molecule has 132 valence electrons. The van der Waals surface area contributed by atoms with Crippen molar-refractivity contribution in [3.8, 4) is 11.4 Å². The van der Waals surface area contributed by atoms with Crippen molar-refractivity contribution in [2.45, 2.75) is 38.6 Å². The summed E-state index contributed by atoms with van der Waals surface area (Å²) in [5.41, 5.74) is -0.434. The number of ether oxygens (including phenoxy) is 1. The lowest BCUT2D eigenvalue weighted by atomic mass is 10.3. The van der Waals surface area contributed by atoms with E-state index in [-0.39, 0.29) is 12.6 Å². The molecule has 9 heteroatoms. The maximum Gasteiger partial charge on any atom is 0.434 e. The van der Waals surface area contributed by atoms with Crippen LogP contribution in [-0.2, 0) is 17.6 Å². The number of nitrogens with zero attached hydrogens (tertiary/aromatic N) is 3. The van der Waals surface area contributed by atoms with E-state index in [9.17, 15) is 13.2 Å². The van der Waals surface area contributed by atoms with Crippen molar-refractivity contribution in [3.63, 3.8) is 0 Å². The van der Waals surface area contributed by atoms with E-state index in [0.717, 1.165) is 12.2 Å². The standard InChI is InChI=1S/C15H19BrF3N3OSi/c1-24(2,3)7-6-23-10-22-9-12(15(17,18)19)21-14(22)11-4-5-13(16)20-8-11/h4-5,8-9H,6-7,10H2,1-3H3. The summed E-state index contributed by atoms with van der Waals surface area (Å²) in [5.74, 6) is 0.190. The Labute approximate surface area is 148 Å². The largest absolute Gasteiger partial charge is 0.434 e. The minimum absolute atomic E-state index is 0.0267. The van der Waals surface area contributed by atoms with E-state index in [4.69, 9.17) is 4.74 Å². The van der Waals surface area contributed by atoms with Crippen LogP contribution in [0.25, 0.3) is 11.4 Å². The van der Waals surface area contributed by atoms with Crippen molar-refractivity contribution in [1.29, 1.82) is 0 Å². The Morgan fingerprint density at radius 2 is 1.96 bits per heavy atom. The minimum atomic E-state index is -4.50. The Kier molecular flexibility index (Phi) is 5.87. The van der Waals surface area contributed by atoms with Crippen LogP contribution in [0.4, 0.5) is 13.2 Å². The Morgan fingerprint density at radius 1 is 1.25 bits per heavy atom. The lowest BCUT2D eigenvalue weighted by Gasteiger charge is -2.16. The van der Waals surface area contributed by atoms with Crippen molar-refractivity contribution in [3.05, 3.63) is 34.8 Å². The summed E-state index contributed by atoms with van der Waals surface area (Å²) in [6.45, 7) is 7.20. The monoisotopic (exact) mass is 421 g/mol. The lowest BCUT2D eigenvalue weighted by Crippen LogP contribution is -2.22. The van der Waals surface area contributed by atoms with Crippen LogP contribution in [0.3, 0.4) is 0 Å². The van der Waals surface area contributed by atoms with Gasteiger partial charge in [-0.1, -0.05) is 19.6 Å². The number of hydrogen-bond acceptors (Lipinski definition) is 3. The average Bonchev–Trinajstić information content (AvgIpc) is 2.88. The molecule has 0 bridgehead atoms. The van der Waals surface area contributed by atoms with Gasteiger partial charge in [-0.3, -0.25) is 0 Å². The van der Waals surface area contributed by atoms with Gasteiger partial charge in [-0.05, 0) is 34.1 Å². The first-order valence-electron chi connectivity index (χ1n) is 7.40. The highest BCUT2D eigenvalue weighted by molar-refractivity contribution is 9.10. The number of hydrogen-bond donors (Lipinski definition) is 0. The molecule has 0 aliphatic carbocycles. The average molecular weight is 422 g/mol. The predicted molar refractivity (Wildman–Crippen MR) is 92.3 cm³/mol. The molecule has 0 aliphatic rings. The lowest BCUT2D eigenvalue weighted by molar-refractivity contribution is -0.141. The molecule has 0 fully saturated rings. The van der Waals surface area contributed by atoms with Crippen LogP contribution in [0.5, 0.6) is 0 Å². The molecule has 2 rings (SSSR count). The number of alkyl halides is 3. The maximum absolute atomic E-state index is 13.0. The quantitative estimate of drug-likeness (QED) is 0.372. The summed E-state index contributed by atoms with van der Waals surface area (Å²) >= 11 is 3.20. The third-order valence-electron chi connectivity index (χ3n) is 3.28. The number of pyridine rings is 1. The van der Waals surface area contributed by atoms with Crippen LogP contribution >= 0.6 is 15.9 Å². The highest BCUT2D eigenvalue weighted by Crippen LogP contribution is 2.31. The van der Waals surface area contributed by atoms with E-state index in [1.54, 1.807) is 12.1 Å². The van der Waals surface area contributed by atoms with Gasteiger partial charge in [0.1, 0.15) is 17.2 Å². The van der Waals surface area contributed by atoms with Crippen LogP contribution in [0, 0.1) is 0 Å². The highest BCUT2D eigenvalue weighted by Gasteiger charge is 2.35. The van der Waals surface area contributed by atoms with Crippen molar-refractivity contribution in [2.24, 2.45) is 0 Å². The molecule has 24 heavy (non-hydrogen) atoms. The fraction of sp³-hybridized carbons (Fsp3) is 0.467. The van der Waals surface area contributed by atoms with Crippen LogP contribution in [-0.4, -0.2) is 29.2 Å². The van der Waals surface area contributed by atoms with E-state index in [0.29, 0.717) is 16.8 Å². The summed E-state index contributed by atoms with van der Waals surface area (Å²) < 4.78 is 46.5. The number of halogens is 4. The first kappa shape index (κ1) is 19.1. The van der Waals surface area contributed by atoms with Crippen LogP contribution in [0.15, 0.2) is 29.1 Å². The summed E-state index contributed by atoms with van der Waals surface area (Å²) in [7, 11) is -1.25. The van der Waals surface area contributed by atoms with Gasteiger partial charge in [-0.2, -0.15) is 13.2 Å². The Bertz CT molecular complexity index is 681. The molecule has 0 saturated heterocycles. The maximum atomic E-state index is 13.0. The molecule has 0 spiro atoms. The summed E-state index contributed by atoms with van der Waals surface area (Å²) in [6, 6.07) is 4.27. The fourth-order valence-corrected chi connectivity index (χ4v) is 2.92. The zero-order valence-corrected chi connectivity index (χ0v) is 16.3. The van der Waals surface area contributed by atoms with Gasteiger partial charge in [-0.25, -0.2) is 9.97 Å². The van der Waals surface area contributed by atoms with Gasteiger partial charge in [-0.15, -0.1) is 0 Å². The van der Waals surface area contributed by atoms with Crippen molar-refractivity contribution in [1.82, 2.24) is 14.5 Å². The van der Waals surface area contributed by atoms with Crippen molar-refractivity contribution >= 4 is 24.0 Å². The third-order valence-corrected chi connectivity index (χ3v) is 5.45. The highest BCUT2D eigenvalue weighted by atomic mass is 79.9. The van der Waals surface area contributed by atoms with E-state index in [2.05, 4.69) is 45.5 Å². The molecular formula is C15H19BrF3N3OSi. The second-order valence-electron chi connectivity index (χ2n) is 6.63. The van der Waals surface area contributed by atoms with E-state index in [1.807, 2.05) is 0 Å². The van der Waals surface area contributed by atoms with E-state index < -0.39 is 19.9 Å². The molecule has 2 heterocycles.